The average molecular weight is 212 g/mol. The van der Waals surface area contributed by atoms with Crippen molar-refractivity contribution in [3.63, 3.8) is 0 Å². The van der Waals surface area contributed by atoms with Crippen molar-refractivity contribution in [2.75, 3.05) is 0 Å². The van der Waals surface area contributed by atoms with E-state index in [4.69, 9.17) is 5.26 Å². The van der Waals surface area contributed by atoms with E-state index in [1.807, 2.05) is 41.8 Å². The van der Waals surface area contributed by atoms with Gasteiger partial charge >= 0.3 is 0 Å². The lowest BCUT2D eigenvalue weighted by molar-refractivity contribution is 1.28. The van der Waals surface area contributed by atoms with Gasteiger partial charge in [0.1, 0.15) is 6.07 Å². The first-order valence-corrected chi connectivity index (χ1v) is 5.35. The Balaban J connectivity index is 2.38. The summed E-state index contributed by atoms with van der Waals surface area (Å²) in [6, 6.07) is 11.7. The molecule has 2 aromatic heterocycles. The van der Waals surface area contributed by atoms with Crippen molar-refractivity contribution in [2.24, 2.45) is 0 Å². The van der Waals surface area contributed by atoms with Crippen molar-refractivity contribution >= 4 is 23.0 Å². The summed E-state index contributed by atoms with van der Waals surface area (Å²) in [5.74, 6) is 0. The first-order chi connectivity index (χ1) is 7.40. The van der Waals surface area contributed by atoms with Gasteiger partial charge in [0.25, 0.3) is 0 Å². The van der Waals surface area contributed by atoms with Crippen molar-refractivity contribution in [1.29, 1.82) is 5.26 Å². The minimum absolute atomic E-state index is 0.595. The molecule has 0 aromatic carbocycles. The van der Waals surface area contributed by atoms with E-state index in [-0.39, 0.29) is 0 Å². The van der Waals surface area contributed by atoms with Crippen LogP contribution >= 0.6 is 11.3 Å². The smallest absolute Gasteiger partial charge is 0.101 e. The van der Waals surface area contributed by atoms with E-state index in [2.05, 4.69) is 11.1 Å². The molecule has 0 aliphatic carbocycles. The van der Waals surface area contributed by atoms with Crippen LogP contribution in [0.5, 0.6) is 0 Å². The van der Waals surface area contributed by atoms with E-state index in [0.717, 1.165) is 4.88 Å². The third kappa shape index (κ3) is 2.30. The molecule has 72 valence electrons. The van der Waals surface area contributed by atoms with Crippen LogP contribution in [0, 0.1) is 11.3 Å². The van der Waals surface area contributed by atoms with Gasteiger partial charge in [-0.2, -0.15) is 5.26 Å². The van der Waals surface area contributed by atoms with Gasteiger partial charge in [0.15, 0.2) is 0 Å². The standard InChI is InChI=1S/C12H8N2S/c13-9-10(8-11-4-3-7-15-11)12-5-1-2-6-14-12/h1-8H. The molecular weight excluding hydrogens is 204 g/mol. The Kier molecular flexibility index (Phi) is 2.91. The molecule has 0 aliphatic rings. The molecule has 0 saturated heterocycles. The Morgan fingerprint density at radius 2 is 2.27 bits per heavy atom. The number of hydrogen-bond acceptors (Lipinski definition) is 3. The van der Waals surface area contributed by atoms with E-state index in [9.17, 15) is 0 Å². The van der Waals surface area contributed by atoms with Crippen LogP contribution in [-0.2, 0) is 0 Å². The Hall–Kier alpha value is -1.92. The molecule has 2 nitrogen and oxygen atoms in total. The molecule has 0 N–H and O–H groups in total. The summed E-state index contributed by atoms with van der Waals surface area (Å²) in [6.07, 6.45) is 3.54. The number of aromatic nitrogens is 1. The predicted molar refractivity (Wildman–Crippen MR) is 62.0 cm³/mol. The maximum atomic E-state index is 9.02. The second-order valence-electron chi connectivity index (χ2n) is 2.90. The highest BCUT2D eigenvalue weighted by Gasteiger charge is 2.01. The second-order valence-corrected chi connectivity index (χ2v) is 3.88. The van der Waals surface area contributed by atoms with E-state index in [1.165, 1.54) is 0 Å². The number of nitrogens with zero attached hydrogens (tertiary/aromatic N) is 2. The second kappa shape index (κ2) is 4.54. The minimum atomic E-state index is 0.595. The number of rotatable bonds is 2. The number of allylic oxidation sites excluding steroid dienone is 1. The van der Waals surface area contributed by atoms with Gasteiger partial charge in [-0.15, -0.1) is 11.3 Å². The highest BCUT2D eigenvalue weighted by Crippen LogP contribution is 2.18. The zero-order valence-electron chi connectivity index (χ0n) is 7.92. The fraction of sp³-hybridized carbons (Fsp3) is 0. The molecule has 0 fully saturated rings. The van der Waals surface area contributed by atoms with Gasteiger partial charge in [-0.05, 0) is 29.7 Å². The van der Waals surface area contributed by atoms with Gasteiger partial charge < -0.3 is 0 Å². The van der Waals surface area contributed by atoms with Crippen LogP contribution in [0.15, 0.2) is 41.9 Å². The van der Waals surface area contributed by atoms with Crippen LogP contribution in [0.2, 0.25) is 0 Å². The molecule has 2 rings (SSSR count). The van der Waals surface area contributed by atoms with Crippen molar-refractivity contribution in [3.05, 3.63) is 52.5 Å². The fourth-order valence-electron chi connectivity index (χ4n) is 1.20. The third-order valence-electron chi connectivity index (χ3n) is 1.89. The maximum Gasteiger partial charge on any atom is 0.101 e. The monoisotopic (exact) mass is 212 g/mol. The molecule has 0 atom stereocenters. The van der Waals surface area contributed by atoms with E-state index in [0.29, 0.717) is 11.3 Å². The molecule has 15 heavy (non-hydrogen) atoms. The quantitative estimate of drug-likeness (QED) is 0.717. The lowest BCUT2D eigenvalue weighted by atomic mass is 10.1. The third-order valence-corrected chi connectivity index (χ3v) is 2.71. The fourth-order valence-corrected chi connectivity index (χ4v) is 1.86. The summed E-state index contributed by atoms with van der Waals surface area (Å²) in [5, 5.41) is 11.0. The minimum Gasteiger partial charge on any atom is -0.256 e. The van der Waals surface area contributed by atoms with Gasteiger partial charge in [-0.1, -0.05) is 12.1 Å². The van der Waals surface area contributed by atoms with Gasteiger partial charge in [-0.25, -0.2) is 0 Å². The molecular formula is C12H8N2S. The summed E-state index contributed by atoms with van der Waals surface area (Å²) >= 11 is 1.61. The zero-order chi connectivity index (χ0) is 10.5. The molecule has 0 saturated carbocycles. The van der Waals surface area contributed by atoms with Crippen LogP contribution in [0.1, 0.15) is 10.6 Å². The summed E-state index contributed by atoms with van der Waals surface area (Å²) in [4.78, 5) is 5.21. The molecule has 0 bridgehead atoms. The number of thiophene rings is 1. The van der Waals surface area contributed by atoms with E-state index < -0.39 is 0 Å². The van der Waals surface area contributed by atoms with Crippen LogP contribution in [0.3, 0.4) is 0 Å². The molecule has 0 aliphatic heterocycles. The molecule has 3 heteroatoms. The Morgan fingerprint density at radius 1 is 1.33 bits per heavy atom. The maximum absolute atomic E-state index is 9.02. The van der Waals surface area contributed by atoms with Crippen molar-refractivity contribution in [1.82, 2.24) is 4.98 Å². The first kappa shape index (κ1) is 9.63. The van der Waals surface area contributed by atoms with Crippen LogP contribution in [0.4, 0.5) is 0 Å². The van der Waals surface area contributed by atoms with Crippen molar-refractivity contribution in [3.8, 4) is 6.07 Å². The van der Waals surface area contributed by atoms with E-state index >= 15 is 0 Å². The van der Waals surface area contributed by atoms with Crippen molar-refractivity contribution < 1.29 is 0 Å². The lowest BCUT2D eigenvalue weighted by Crippen LogP contribution is -1.84. The summed E-state index contributed by atoms with van der Waals surface area (Å²) in [7, 11) is 0. The van der Waals surface area contributed by atoms with Gasteiger partial charge in [0.2, 0.25) is 0 Å². The van der Waals surface area contributed by atoms with Gasteiger partial charge in [0.05, 0.1) is 11.3 Å². The molecule has 2 aromatic rings. The largest absolute Gasteiger partial charge is 0.256 e. The normalized spacial score (nSPS) is 11.0. The van der Waals surface area contributed by atoms with E-state index in [1.54, 1.807) is 17.5 Å². The molecule has 0 radical (unpaired) electrons. The lowest BCUT2D eigenvalue weighted by Gasteiger charge is -1.95. The molecule has 0 spiro atoms. The molecule has 2 heterocycles. The first-order valence-electron chi connectivity index (χ1n) is 4.47. The topological polar surface area (TPSA) is 36.7 Å². The highest BCUT2D eigenvalue weighted by molar-refractivity contribution is 7.10. The number of nitriles is 1. The average Bonchev–Trinajstić information content (AvgIpc) is 2.80. The number of hydrogen-bond donors (Lipinski definition) is 0. The van der Waals surface area contributed by atoms with Crippen molar-refractivity contribution in [2.45, 2.75) is 0 Å². The zero-order valence-corrected chi connectivity index (χ0v) is 8.74. The van der Waals surface area contributed by atoms with Crippen LogP contribution in [-0.4, -0.2) is 4.98 Å². The molecule has 0 amide bonds. The number of pyridine rings is 1. The van der Waals surface area contributed by atoms with Gasteiger partial charge in [0, 0.05) is 11.1 Å². The summed E-state index contributed by atoms with van der Waals surface area (Å²) in [5.41, 5.74) is 1.31. The summed E-state index contributed by atoms with van der Waals surface area (Å²) in [6.45, 7) is 0. The van der Waals surface area contributed by atoms with Crippen LogP contribution in [0.25, 0.3) is 11.6 Å². The Labute approximate surface area is 92.1 Å². The Morgan fingerprint density at radius 3 is 2.87 bits per heavy atom. The highest BCUT2D eigenvalue weighted by atomic mass is 32.1. The molecule has 0 unspecified atom stereocenters. The van der Waals surface area contributed by atoms with Crippen LogP contribution < -0.4 is 0 Å². The van der Waals surface area contributed by atoms with Gasteiger partial charge in [-0.3, -0.25) is 4.98 Å². The Bertz CT molecular complexity index is 492. The summed E-state index contributed by atoms with van der Waals surface area (Å²) < 4.78 is 0. The SMILES string of the molecule is N#CC(=Cc1cccs1)c1ccccn1. The predicted octanol–water partition coefficient (Wildman–Crippen LogP) is 3.21.